The van der Waals surface area contributed by atoms with Crippen LogP contribution in [-0.4, -0.2) is 23.6 Å². The first-order valence-corrected chi connectivity index (χ1v) is 4.48. The second-order valence-electron chi connectivity index (χ2n) is 4.34. The Kier molecular flexibility index (Phi) is 2.76. The summed E-state index contributed by atoms with van der Waals surface area (Å²) in [5, 5.41) is 9.64. The van der Waals surface area contributed by atoms with Crippen LogP contribution in [0.1, 0.15) is 27.2 Å². The van der Waals surface area contributed by atoms with Gasteiger partial charge in [-0.15, -0.1) is 0 Å². The van der Waals surface area contributed by atoms with Gasteiger partial charge in [-0.3, -0.25) is 4.79 Å². The number of carbonyl (C=O) groups is 1. The van der Waals surface area contributed by atoms with Crippen LogP contribution < -0.4 is 0 Å². The number of aliphatic hydroxyl groups excluding tert-OH is 1. The molecule has 0 radical (unpaired) electrons. The fraction of sp³-hybridized carbons (Fsp3) is 0.700. The third-order valence-corrected chi connectivity index (χ3v) is 2.02. The molecule has 0 spiro atoms. The third kappa shape index (κ3) is 2.31. The molecule has 0 aromatic carbocycles. The zero-order valence-corrected chi connectivity index (χ0v) is 8.33. The molecule has 0 aliphatic carbocycles. The molecule has 0 aromatic rings. The summed E-state index contributed by atoms with van der Waals surface area (Å²) < 4.78 is 5.08. The molecule has 0 saturated heterocycles. The van der Waals surface area contributed by atoms with E-state index in [0.717, 1.165) is 6.42 Å². The van der Waals surface area contributed by atoms with Gasteiger partial charge in [0.25, 0.3) is 0 Å². The van der Waals surface area contributed by atoms with Crippen molar-refractivity contribution < 1.29 is 14.6 Å². The minimum Gasteiger partial charge on any atom is -0.490 e. The minimum atomic E-state index is -0.975. The number of aliphatic hydroxyl groups is 1. The Balaban J connectivity index is 2.67. The second-order valence-corrected chi connectivity index (χ2v) is 4.34. The molecule has 3 nitrogen and oxygen atoms in total. The van der Waals surface area contributed by atoms with Crippen LogP contribution in [0.15, 0.2) is 11.8 Å². The van der Waals surface area contributed by atoms with Crippen molar-refractivity contribution >= 4 is 5.78 Å². The highest BCUT2D eigenvalue weighted by Crippen LogP contribution is 2.23. The lowest BCUT2D eigenvalue weighted by Crippen LogP contribution is -2.35. The van der Waals surface area contributed by atoms with Gasteiger partial charge >= 0.3 is 0 Å². The number of rotatable bonds is 2. The number of ether oxygens (including phenoxy) is 1. The van der Waals surface area contributed by atoms with Crippen molar-refractivity contribution in [2.45, 2.75) is 33.3 Å². The summed E-state index contributed by atoms with van der Waals surface area (Å²) in [5.74, 6) is 0.0208. The Morgan fingerprint density at radius 2 is 2.23 bits per heavy atom. The van der Waals surface area contributed by atoms with Crippen molar-refractivity contribution in [1.29, 1.82) is 0 Å². The normalized spacial score (nSPS) is 19.2. The highest BCUT2D eigenvalue weighted by Gasteiger charge is 2.32. The Morgan fingerprint density at radius 1 is 1.62 bits per heavy atom. The lowest BCUT2D eigenvalue weighted by Gasteiger charge is -2.24. The van der Waals surface area contributed by atoms with E-state index in [1.54, 1.807) is 6.08 Å². The monoisotopic (exact) mass is 184 g/mol. The Labute approximate surface area is 78.4 Å². The van der Waals surface area contributed by atoms with Crippen LogP contribution in [0.4, 0.5) is 0 Å². The molecule has 1 atom stereocenters. The van der Waals surface area contributed by atoms with Gasteiger partial charge in [0.1, 0.15) is 6.10 Å². The van der Waals surface area contributed by atoms with E-state index in [2.05, 4.69) is 0 Å². The number of Topliss-reactive ketones (excluding diaryl/α,β-unsaturated/α-hetero) is 1. The first-order valence-electron chi connectivity index (χ1n) is 4.48. The third-order valence-electron chi connectivity index (χ3n) is 2.02. The van der Waals surface area contributed by atoms with Gasteiger partial charge in [-0.25, -0.2) is 0 Å². The first kappa shape index (κ1) is 10.3. The van der Waals surface area contributed by atoms with Crippen molar-refractivity contribution in [1.82, 2.24) is 0 Å². The maximum atomic E-state index is 11.5. The number of carbonyl (C=O) groups excluding carboxylic acids is 1. The molecular weight excluding hydrogens is 168 g/mol. The number of ketones is 1. The van der Waals surface area contributed by atoms with Crippen LogP contribution in [0.25, 0.3) is 0 Å². The lowest BCUT2D eigenvalue weighted by atomic mass is 9.86. The van der Waals surface area contributed by atoms with Crippen molar-refractivity contribution in [3.63, 3.8) is 0 Å². The molecule has 0 bridgehead atoms. The Hall–Kier alpha value is -0.830. The van der Waals surface area contributed by atoms with Gasteiger partial charge in [0.2, 0.25) is 5.78 Å². The lowest BCUT2D eigenvalue weighted by molar-refractivity contribution is -0.131. The smallest absolute Gasteiger partial charge is 0.225 e. The van der Waals surface area contributed by atoms with Gasteiger partial charge < -0.3 is 9.84 Å². The van der Waals surface area contributed by atoms with Gasteiger partial charge in [0.15, 0.2) is 5.76 Å². The van der Waals surface area contributed by atoms with Gasteiger partial charge in [-0.1, -0.05) is 20.8 Å². The predicted molar refractivity (Wildman–Crippen MR) is 49.1 cm³/mol. The van der Waals surface area contributed by atoms with E-state index in [4.69, 9.17) is 4.74 Å². The number of hydrogen-bond acceptors (Lipinski definition) is 3. The van der Waals surface area contributed by atoms with Crippen LogP contribution in [-0.2, 0) is 9.53 Å². The van der Waals surface area contributed by atoms with Crippen LogP contribution >= 0.6 is 0 Å². The summed E-state index contributed by atoms with van der Waals surface area (Å²) in [6.45, 7) is 6.03. The summed E-state index contributed by atoms with van der Waals surface area (Å²) in [4.78, 5) is 11.5. The SMILES string of the molecule is CC(C)(C)C(O)C(=O)C1=CCCO1. The maximum absolute atomic E-state index is 11.5. The number of hydrogen-bond donors (Lipinski definition) is 1. The van der Waals surface area contributed by atoms with E-state index >= 15 is 0 Å². The average molecular weight is 184 g/mol. The zero-order valence-electron chi connectivity index (χ0n) is 8.33. The molecule has 0 saturated carbocycles. The minimum absolute atomic E-state index is 0.301. The Morgan fingerprint density at radius 3 is 2.62 bits per heavy atom. The van der Waals surface area contributed by atoms with Gasteiger partial charge in [0.05, 0.1) is 6.61 Å². The average Bonchev–Trinajstić information content (AvgIpc) is 2.51. The Bertz CT molecular complexity index is 235. The largest absolute Gasteiger partial charge is 0.490 e. The molecule has 1 unspecified atom stereocenters. The van der Waals surface area contributed by atoms with Crippen LogP contribution in [0.2, 0.25) is 0 Å². The van der Waals surface area contributed by atoms with Gasteiger partial charge in [0, 0.05) is 6.42 Å². The summed E-state index contributed by atoms with van der Waals surface area (Å²) in [6.07, 6.45) is 1.52. The summed E-state index contributed by atoms with van der Waals surface area (Å²) in [5.41, 5.74) is -0.427. The molecule has 1 rings (SSSR count). The van der Waals surface area contributed by atoms with Gasteiger partial charge in [-0.2, -0.15) is 0 Å². The molecule has 3 heteroatoms. The zero-order chi connectivity index (χ0) is 10.1. The molecule has 1 aliphatic heterocycles. The molecule has 0 aromatic heterocycles. The van der Waals surface area contributed by atoms with Crippen molar-refractivity contribution in [3.05, 3.63) is 11.8 Å². The fourth-order valence-electron chi connectivity index (χ4n) is 1.12. The first-order chi connectivity index (χ1) is 5.93. The highest BCUT2D eigenvalue weighted by molar-refractivity contribution is 5.97. The summed E-state index contributed by atoms with van der Waals surface area (Å²) in [7, 11) is 0. The molecule has 74 valence electrons. The van der Waals surface area contributed by atoms with E-state index in [0.29, 0.717) is 12.4 Å². The van der Waals surface area contributed by atoms with E-state index < -0.39 is 11.5 Å². The molecule has 0 amide bonds. The van der Waals surface area contributed by atoms with E-state index in [-0.39, 0.29) is 5.78 Å². The standard InChI is InChI=1S/C10H16O3/c1-10(2,3)9(12)8(11)7-5-4-6-13-7/h5,9,12H,4,6H2,1-3H3. The fourth-order valence-corrected chi connectivity index (χ4v) is 1.12. The quantitative estimate of drug-likeness (QED) is 0.703. The van der Waals surface area contributed by atoms with E-state index in [1.807, 2.05) is 20.8 Å². The van der Waals surface area contributed by atoms with Crippen LogP contribution in [0, 0.1) is 5.41 Å². The summed E-state index contributed by atoms with van der Waals surface area (Å²) >= 11 is 0. The van der Waals surface area contributed by atoms with Crippen molar-refractivity contribution in [2.75, 3.05) is 6.61 Å². The van der Waals surface area contributed by atoms with Crippen molar-refractivity contribution in [3.8, 4) is 0 Å². The van der Waals surface area contributed by atoms with E-state index in [1.165, 1.54) is 0 Å². The molecular formula is C10H16O3. The maximum Gasteiger partial charge on any atom is 0.225 e. The second kappa shape index (κ2) is 3.50. The van der Waals surface area contributed by atoms with Crippen LogP contribution in [0.5, 0.6) is 0 Å². The summed E-state index contributed by atoms with van der Waals surface area (Å²) in [6, 6.07) is 0. The molecule has 13 heavy (non-hydrogen) atoms. The molecule has 1 aliphatic rings. The van der Waals surface area contributed by atoms with E-state index in [9.17, 15) is 9.90 Å². The molecule has 0 fully saturated rings. The van der Waals surface area contributed by atoms with Crippen LogP contribution in [0.3, 0.4) is 0 Å². The predicted octanol–water partition coefficient (Wildman–Crippen LogP) is 1.27. The molecule has 1 N–H and O–H groups in total. The highest BCUT2D eigenvalue weighted by atomic mass is 16.5. The topological polar surface area (TPSA) is 46.5 Å². The van der Waals surface area contributed by atoms with Gasteiger partial charge in [-0.05, 0) is 11.5 Å². The molecule has 1 heterocycles. The van der Waals surface area contributed by atoms with Crippen molar-refractivity contribution in [2.24, 2.45) is 5.41 Å².